The van der Waals surface area contributed by atoms with Gasteiger partial charge in [0.2, 0.25) is 0 Å². The van der Waals surface area contributed by atoms with Crippen molar-refractivity contribution in [3.63, 3.8) is 0 Å². The summed E-state index contributed by atoms with van der Waals surface area (Å²) in [6, 6.07) is 0. The van der Waals surface area contributed by atoms with Gasteiger partial charge >= 0.3 is 50.8 Å². The van der Waals surface area contributed by atoms with Gasteiger partial charge in [0.25, 0.3) is 0 Å². The molecule has 0 aromatic heterocycles. The molecule has 0 aliphatic heterocycles. The van der Waals surface area contributed by atoms with Crippen LogP contribution in [0.3, 0.4) is 0 Å². The molecule has 0 saturated carbocycles. The predicted octanol–water partition coefficient (Wildman–Crippen LogP) is -0.558. The van der Waals surface area contributed by atoms with Gasteiger partial charge in [-0.2, -0.15) is 0 Å². The monoisotopic (exact) mass is 167 g/mol. The maximum atomic E-state index is 10.3. The number of nitrogens with one attached hydrogen (secondary N) is 1. The summed E-state index contributed by atoms with van der Waals surface area (Å²) in [6.45, 7) is 0. The second kappa shape index (κ2) is 4.16. The van der Waals surface area contributed by atoms with Crippen molar-refractivity contribution >= 4 is 21.9 Å². The van der Waals surface area contributed by atoms with Crippen LogP contribution >= 0.6 is 0 Å². The van der Waals surface area contributed by atoms with E-state index in [4.69, 9.17) is 0 Å². The number of amides is 1. The maximum absolute atomic E-state index is 10.3. The van der Waals surface area contributed by atoms with E-state index < -0.39 is 0 Å². The van der Waals surface area contributed by atoms with Crippen LogP contribution in [0.25, 0.3) is 0 Å². The summed E-state index contributed by atoms with van der Waals surface area (Å²) >= 11 is 2.36. The van der Waals surface area contributed by atoms with Crippen LogP contribution in [0.4, 0.5) is 0 Å². The van der Waals surface area contributed by atoms with Crippen molar-refractivity contribution in [3.8, 4) is 0 Å². The number of hydrogen-bond acceptors (Lipinski definition) is 1. The summed E-state index contributed by atoms with van der Waals surface area (Å²) in [5, 5.41) is 3.38. The zero-order valence-corrected chi connectivity index (χ0v) is 6.15. The van der Waals surface area contributed by atoms with Crippen LogP contribution in [0.5, 0.6) is 0 Å². The molecular formula is C4H9NOSe. The third-order valence-electron chi connectivity index (χ3n) is 0.618. The fourth-order valence-corrected chi connectivity index (χ4v) is 0.653. The van der Waals surface area contributed by atoms with Crippen LogP contribution in [0.1, 0.15) is 6.42 Å². The third kappa shape index (κ3) is 3.83. The van der Waals surface area contributed by atoms with Crippen LogP contribution in [0, 0.1) is 0 Å². The Bertz CT molecular complexity index is 64.7. The summed E-state index contributed by atoms with van der Waals surface area (Å²) < 4.78 is 0. The molecule has 2 nitrogen and oxygen atoms in total. The third-order valence-corrected chi connectivity index (χ3v) is 1.09. The van der Waals surface area contributed by atoms with E-state index in [9.17, 15) is 4.79 Å². The molecule has 0 radical (unpaired) electrons. The average molecular weight is 166 g/mol. The summed E-state index contributed by atoms with van der Waals surface area (Å²) in [7, 11) is 1.64. The molecule has 0 saturated heterocycles. The molecule has 0 spiro atoms. The zero-order valence-electron chi connectivity index (χ0n) is 4.27. The number of rotatable bonds is 2. The zero-order chi connectivity index (χ0) is 5.70. The predicted molar refractivity (Wildman–Crippen MR) is 30.6 cm³/mol. The topological polar surface area (TPSA) is 29.1 Å². The van der Waals surface area contributed by atoms with Gasteiger partial charge in [-0.25, -0.2) is 0 Å². The van der Waals surface area contributed by atoms with Gasteiger partial charge in [-0.15, -0.1) is 0 Å². The summed E-state index contributed by atoms with van der Waals surface area (Å²) in [5.74, 6) is 0.112. The Balaban J connectivity index is 3.00. The van der Waals surface area contributed by atoms with Gasteiger partial charge in [0.1, 0.15) is 0 Å². The molecular weight excluding hydrogens is 157 g/mol. The van der Waals surface area contributed by atoms with Crippen molar-refractivity contribution in [3.05, 3.63) is 0 Å². The van der Waals surface area contributed by atoms with Crippen molar-refractivity contribution in [1.82, 2.24) is 5.32 Å². The van der Waals surface area contributed by atoms with Crippen molar-refractivity contribution in [1.29, 1.82) is 0 Å². The van der Waals surface area contributed by atoms with Crippen LogP contribution in [0.15, 0.2) is 0 Å². The van der Waals surface area contributed by atoms with E-state index in [1.807, 2.05) is 0 Å². The molecule has 0 bridgehead atoms. The molecule has 0 aliphatic carbocycles. The molecule has 0 aromatic carbocycles. The number of carbonyl (C=O) groups is 1. The van der Waals surface area contributed by atoms with E-state index in [1.165, 1.54) is 0 Å². The molecule has 0 heterocycles. The SMILES string of the molecule is CNC(=O)CC[SeH]. The second-order valence-electron chi connectivity index (χ2n) is 1.15. The molecule has 42 valence electrons. The molecule has 7 heavy (non-hydrogen) atoms. The second-order valence-corrected chi connectivity index (χ2v) is 2.09. The van der Waals surface area contributed by atoms with Crippen molar-refractivity contribution in [2.24, 2.45) is 0 Å². The Kier molecular flexibility index (Phi) is 4.15. The minimum atomic E-state index is 0.112. The normalized spacial score (nSPS) is 8.29. The van der Waals surface area contributed by atoms with Crippen LogP contribution < -0.4 is 5.32 Å². The molecule has 0 unspecified atom stereocenters. The molecule has 0 aliphatic rings. The van der Waals surface area contributed by atoms with E-state index in [2.05, 4.69) is 21.3 Å². The van der Waals surface area contributed by atoms with Gasteiger partial charge in [-0.05, 0) is 0 Å². The van der Waals surface area contributed by atoms with Crippen molar-refractivity contribution < 1.29 is 4.79 Å². The summed E-state index contributed by atoms with van der Waals surface area (Å²) in [5.41, 5.74) is 0. The fraction of sp³-hybridized carbons (Fsp3) is 0.750. The Labute approximate surface area is 51.5 Å². The number of hydrogen-bond donors (Lipinski definition) is 1. The van der Waals surface area contributed by atoms with Gasteiger partial charge in [-0.3, -0.25) is 0 Å². The summed E-state index contributed by atoms with van der Waals surface area (Å²) in [4.78, 5) is 10.3. The first-order valence-corrected chi connectivity index (χ1v) is 3.45. The van der Waals surface area contributed by atoms with Crippen molar-refractivity contribution in [2.75, 3.05) is 7.05 Å². The first-order valence-electron chi connectivity index (χ1n) is 2.12. The van der Waals surface area contributed by atoms with Crippen LogP contribution in [-0.2, 0) is 4.79 Å². The average Bonchev–Trinajstić information content (AvgIpc) is 1.68. The van der Waals surface area contributed by atoms with Gasteiger partial charge < -0.3 is 0 Å². The van der Waals surface area contributed by atoms with Crippen LogP contribution in [0.2, 0.25) is 5.32 Å². The first kappa shape index (κ1) is 6.99. The molecule has 1 amide bonds. The minimum absolute atomic E-state index is 0.112. The molecule has 0 rings (SSSR count). The van der Waals surface area contributed by atoms with E-state index >= 15 is 0 Å². The Morgan fingerprint density at radius 2 is 2.43 bits per heavy atom. The van der Waals surface area contributed by atoms with Gasteiger partial charge in [0.15, 0.2) is 0 Å². The van der Waals surface area contributed by atoms with Crippen LogP contribution in [-0.4, -0.2) is 29.0 Å². The summed E-state index contributed by atoms with van der Waals surface area (Å²) in [6.07, 6.45) is 0.622. The number of carbonyl (C=O) groups excluding carboxylic acids is 1. The Hall–Kier alpha value is -0.0105. The fourth-order valence-electron chi connectivity index (χ4n) is 0.227. The Morgan fingerprint density at radius 3 is 2.57 bits per heavy atom. The Morgan fingerprint density at radius 1 is 1.86 bits per heavy atom. The molecule has 3 heteroatoms. The van der Waals surface area contributed by atoms with E-state index in [1.54, 1.807) is 7.05 Å². The van der Waals surface area contributed by atoms with E-state index in [-0.39, 0.29) is 5.91 Å². The van der Waals surface area contributed by atoms with Gasteiger partial charge in [0.05, 0.1) is 0 Å². The quantitative estimate of drug-likeness (QED) is 0.547. The molecule has 0 fully saturated rings. The standard InChI is InChI=1S/C4H9NOSe/c1-5-4(6)2-3-7/h7H,2-3H2,1H3,(H,5,6). The van der Waals surface area contributed by atoms with Gasteiger partial charge in [0, 0.05) is 0 Å². The molecule has 0 atom stereocenters. The van der Waals surface area contributed by atoms with Gasteiger partial charge in [-0.1, -0.05) is 0 Å². The van der Waals surface area contributed by atoms with Crippen molar-refractivity contribution in [2.45, 2.75) is 11.7 Å². The molecule has 1 N–H and O–H groups in total. The first-order chi connectivity index (χ1) is 3.31. The van der Waals surface area contributed by atoms with E-state index in [0.717, 1.165) is 5.32 Å². The van der Waals surface area contributed by atoms with E-state index in [0.29, 0.717) is 6.42 Å². The molecule has 0 aromatic rings.